The Morgan fingerprint density at radius 3 is 2.86 bits per heavy atom. The summed E-state index contributed by atoms with van der Waals surface area (Å²) in [6.45, 7) is -0.548. The molecule has 0 radical (unpaired) electrons. The molecule has 4 aromatic rings. The Morgan fingerprint density at radius 1 is 1.25 bits per heavy atom. The van der Waals surface area contributed by atoms with E-state index in [1.165, 1.54) is 21.9 Å². The largest absolute Gasteiger partial charge is 0.394 e. The first-order valence-corrected chi connectivity index (χ1v) is 8.45. The SMILES string of the molecule is O=c1[nH]cnc2c1ncn2[C@]1(n2nnc3ccccc32)O[C@H](CO)[C@@H](O)[C@H]1O. The number of aromatic nitrogens is 7. The summed E-state index contributed by atoms with van der Waals surface area (Å²) in [4.78, 5) is 22.7. The topological polar surface area (TPSA) is 164 Å². The van der Waals surface area contributed by atoms with Gasteiger partial charge in [0.2, 0.25) is 0 Å². The molecule has 0 bridgehead atoms. The zero-order valence-electron chi connectivity index (χ0n) is 14.2. The van der Waals surface area contributed by atoms with E-state index in [0.29, 0.717) is 11.0 Å². The molecule has 0 aliphatic carbocycles. The molecule has 3 aromatic heterocycles. The number of ether oxygens (including phenoxy) is 1. The third kappa shape index (κ3) is 2.05. The van der Waals surface area contributed by atoms with Crippen LogP contribution >= 0.6 is 0 Å². The van der Waals surface area contributed by atoms with Crippen LogP contribution in [-0.2, 0) is 10.6 Å². The third-order valence-electron chi connectivity index (χ3n) is 4.93. The molecule has 1 fully saturated rings. The molecule has 144 valence electrons. The van der Waals surface area contributed by atoms with E-state index < -0.39 is 36.3 Å². The maximum absolute atomic E-state index is 12.1. The second kappa shape index (κ2) is 5.90. The van der Waals surface area contributed by atoms with E-state index in [1.54, 1.807) is 24.3 Å². The van der Waals surface area contributed by atoms with E-state index >= 15 is 0 Å². The third-order valence-corrected chi connectivity index (χ3v) is 4.93. The molecule has 0 spiro atoms. The fourth-order valence-corrected chi connectivity index (χ4v) is 3.60. The van der Waals surface area contributed by atoms with Crippen molar-refractivity contribution in [1.82, 2.24) is 34.5 Å². The van der Waals surface area contributed by atoms with Gasteiger partial charge in [-0.3, -0.25) is 9.36 Å². The number of imidazole rings is 1. The van der Waals surface area contributed by atoms with E-state index in [0.717, 1.165) is 0 Å². The van der Waals surface area contributed by atoms with Crippen molar-refractivity contribution in [2.24, 2.45) is 0 Å². The highest BCUT2D eigenvalue weighted by Gasteiger charge is 2.59. The summed E-state index contributed by atoms with van der Waals surface area (Å²) in [5.74, 6) is -1.88. The van der Waals surface area contributed by atoms with Crippen LogP contribution < -0.4 is 5.56 Å². The highest BCUT2D eigenvalue weighted by atomic mass is 16.6. The zero-order chi connectivity index (χ0) is 19.5. The van der Waals surface area contributed by atoms with Gasteiger partial charge in [-0.1, -0.05) is 17.3 Å². The predicted octanol–water partition coefficient (Wildman–Crippen LogP) is -1.86. The lowest BCUT2D eigenvalue weighted by atomic mass is 10.1. The number of H-pyrrole nitrogens is 1. The van der Waals surface area contributed by atoms with Crippen LogP contribution in [0.5, 0.6) is 0 Å². The van der Waals surface area contributed by atoms with E-state index in [1.807, 2.05) is 0 Å². The second-order valence-corrected chi connectivity index (χ2v) is 6.44. The number of rotatable bonds is 3. The number of hydrogen-bond donors (Lipinski definition) is 4. The van der Waals surface area contributed by atoms with Crippen LogP contribution in [0.3, 0.4) is 0 Å². The number of nitrogens with one attached hydrogen (secondary N) is 1. The first kappa shape index (κ1) is 16.9. The highest BCUT2D eigenvalue weighted by molar-refractivity contribution is 5.74. The van der Waals surface area contributed by atoms with Crippen LogP contribution in [0.1, 0.15) is 0 Å². The number of nitrogens with zero attached hydrogens (tertiary/aromatic N) is 6. The molecule has 1 aliphatic rings. The lowest BCUT2D eigenvalue weighted by Gasteiger charge is -2.33. The van der Waals surface area contributed by atoms with Crippen LogP contribution in [0, 0.1) is 0 Å². The van der Waals surface area contributed by atoms with Crippen molar-refractivity contribution in [3.63, 3.8) is 0 Å². The quantitative estimate of drug-likeness (QED) is 0.316. The molecule has 0 unspecified atom stereocenters. The van der Waals surface area contributed by atoms with Crippen molar-refractivity contribution < 1.29 is 20.1 Å². The highest BCUT2D eigenvalue weighted by Crippen LogP contribution is 2.39. The Hall–Kier alpha value is -3.19. The first-order chi connectivity index (χ1) is 13.6. The van der Waals surface area contributed by atoms with Gasteiger partial charge in [0.1, 0.15) is 24.1 Å². The van der Waals surface area contributed by atoms with Gasteiger partial charge in [-0.25, -0.2) is 9.97 Å². The molecule has 1 aromatic carbocycles. The maximum Gasteiger partial charge on any atom is 0.279 e. The lowest BCUT2D eigenvalue weighted by Crippen LogP contribution is -2.51. The molecule has 28 heavy (non-hydrogen) atoms. The fraction of sp³-hybridized carbons (Fsp3) is 0.312. The van der Waals surface area contributed by atoms with Gasteiger partial charge < -0.3 is 25.0 Å². The van der Waals surface area contributed by atoms with E-state index in [2.05, 4.69) is 25.3 Å². The van der Waals surface area contributed by atoms with E-state index in [4.69, 9.17) is 4.74 Å². The van der Waals surface area contributed by atoms with Gasteiger partial charge in [-0.15, -0.1) is 5.10 Å². The van der Waals surface area contributed by atoms with Crippen molar-refractivity contribution in [3.05, 3.63) is 47.3 Å². The smallest absolute Gasteiger partial charge is 0.279 e. The minimum absolute atomic E-state index is 0.0176. The summed E-state index contributed by atoms with van der Waals surface area (Å²) in [6, 6.07) is 6.97. The number of para-hydroxylation sites is 1. The van der Waals surface area contributed by atoms with Crippen molar-refractivity contribution in [2.45, 2.75) is 24.2 Å². The minimum atomic E-state index is -1.88. The Kier molecular flexibility index (Phi) is 3.57. The molecular weight excluding hydrogens is 370 g/mol. The molecule has 12 heteroatoms. The van der Waals surface area contributed by atoms with Crippen LogP contribution in [0.15, 0.2) is 41.7 Å². The van der Waals surface area contributed by atoms with Gasteiger partial charge in [-0.05, 0) is 12.1 Å². The summed E-state index contributed by atoms with van der Waals surface area (Å²) < 4.78 is 8.54. The van der Waals surface area contributed by atoms with Gasteiger partial charge in [0.25, 0.3) is 11.4 Å². The van der Waals surface area contributed by atoms with Crippen molar-refractivity contribution >= 4 is 22.2 Å². The lowest BCUT2D eigenvalue weighted by molar-refractivity contribution is -0.170. The molecule has 1 aliphatic heterocycles. The number of aliphatic hydroxyl groups is 3. The Labute approximate surface area is 155 Å². The van der Waals surface area contributed by atoms with E-state index in [9.17, 15) is 20.1 Å². The van der Waals surface area contributed by atoms with Gasteiger partial charge in [0, 0.05) is 0 Å². The summed E-state index contributed by atoms with van der Waals surface area (Å²) in [6.07, 6.45) is -1.67. The number of hydrogen-bond acceptors (Lipinski definition) is 9. The summed E-state index contributed by atoms with van der Waals surface area (Å²) in [5.41, 5.74) is 0.667. The van der Waals surface area contributed by atoms with Crippen molar-refractivity contribution in [2.75, 3.05) is 6.61 Å². The molecule has 0 saturated carbocycles. The number of benzene rings is 1. The molecule has 0 amide bonds. The van der Waals surface area contributed by atoms with Crippen LogP contribution in [0.25, 0.3) is 22.2 Å². The number of fused-ring (bicyclic) bond motifs is 2. The van der Waals surface area contributed by atoms with Gasteiger partial charge in [0.15, 0.2) is 17.3 Å². The van der Waals surface area contributed by atoms with E-state index in [-0.39, 0.29) is 11.2 Å². The van der Waals surface area contributed by atoms with Gasteiger partial charge >= 0.3 is 0 Å². The second-order valence-electron chi connectivity index (χ2n) is 6.44. The van der Waals surface area contributed by atoms with Crippen LogP contribution in [-0.4, -0.2) is 74.8 Å². The molecule has 4 heterocycles. The summed E-state index contributed by atoms with van der Waals surface area (Å²) in [7, 11) is 0. The Balaban J connectivity index is 1.86. The standard InChI is InChI=1S/C16H15N7O5/c24-5-10-12(25)13(26)16(28-10,23-9-4-2-1-3-8(9)20-21-23)22-7-19-11-14(22)17-6-18-15(11)27/h1-4,6-7,10,12-13,24-26H,5H2,(H,17,18,27)/t10-,12-,13-,16-/m1/s1. The summed E-state index contributed by atoms with van der Waals surface area (Å²) in [5, 5.41) is 39.3. The predicted molar refractivity (Wildman–Crippen MR) is 93.0 cm³/mol. The average molecular weight is 385 g/mol. The molecule has 4 atom stereocenters. The molecule has 5 rings (SSSR count). The van der Waals surface area contributed by atoms with Crippen LogP contribution in [0.2, 0.25) is 0 Å². The molecule has 4 N–H and O–H groups in total. The first-order valence-electron chi connectivity index (χ1n) is 8.45. The van der Waals surface area contributed by atoms with Crippen molar-refractivity contribution in [1.29, 1.82) is 0 Å². The monoisotopic (exact) mass is 385 g/mol. The zero-order valence-corrected chi connectivity index (χ0v) is 14.2. The normalized spacial score (nSPS) is 27.8. The van der Waals surface area contributed by atoms with Crippen LogP contribution in [0.4, 0.5) is 0 Å². The average Bonchev–Trinajstić information content (AvgIpc) is 3.39. The molecular formula is C16H15N7O5. The molecule has 12 nitrogen and oxygen atoms in total. The maximum atomic E-state index is 12.1. The van der Waals surface area contributed by atoms with Gasteiger partial charge in [0.05, 0.1) is 18.5 Å². The number of aliphatic hydroxyl groups excluding tert-OH is 3. The fourth-order valence-electron chi connectivity index (χ4n) is 3.60. The van der Waals surface area contributed by atoms with Crippen molar-refractivity contribution in [3.8, 4) is 0 Å². The number of aromatic amines is 1. The minimum Gasteiger partial charge on any atom is -0.394 e. The molecule has 1 saturated heterocycles. The Bertz CT molecular complexity index is 1230. The van der Waals surface area contributed by atoms with Gasteiger partial charge in [-0.2, -0.15) is 4.68 Å². The Morgan fingerprint density at radius 2 is 2.07 bits per heavy atom. The summed E-state index contributed by atoms with van der Waals surface area (Å²) >= 11 is 0.